The van der Waals surface area contributed by atoms with Crippen LogP contribution in [0, 0.1) is 17.2 Å². The normalized spacial score (nSPS) is 23.4. The summed E-state index contributed by atoms with van der Waals surface area (Å²) in [7, 11) is 0. The van der Waals surface area contributed by atoms with Crippen LogP contribution in [0.2, 0.25) is 5.02 Å². The van der Waals surface area contributed by atoms with Crippen LogP contribution in [0.4, 0.5) is 5.69 Å². The molecule has 1 fully saturated rings. The SMILES string of the molecule is CCC1CCCC(Nc2ccc(Cl)c(C#N)c2)C1. The Bertz CT molecular complexity index is 450. The summed E-state index contributed by atoms with van der Waals surface area (Å²) in [5.74, 6) is 0.846. The molecule has 0 amide bonds. The van der Waals surface area contributed by atoms with Crippen molar-refractivity contribution in [3.8, 4) is 6.07 Å². The van der Waals surface area contributed by atoms with Crippen LogP contribution in [0.5, 0.6) is 0 Å². The van der Waals surface area contributed by atoms with Gasteiger partial charge >= 0.3 is 0 Å². The van der Waals surface area contributed by atoms with E-state index in [0.29, 0.717) is 16.6 Å². The molecule has 96 valence electrons. The average Bonchev–Trinajstić information content (AvgIpc) is 2.41. The third kappa shape index (κ3) is 3.17. The van der Waals surface area contributed by atoms with Crippen molar-refractivity contribution >= 4 is 17.3 Å². The minimum Gasteiger partial charge on any atom is -0.382 e. The lowest BCUT2D eigenvalue weighted by Crippen LogP contribution is -2.27. The van der Waals surface area contributed by atoms with Gasteiger partial charge in [0.1, 0.15) is 6.07 Å². The van der Waals surface area contributed by atoms with Gasteiger partial charge in [-0.2, -0.15) is 5.26 Å². The molecule has 0 saturated heterocycles. The molecule has 3 heteroatoms. The zero-order valence-corrected chi connectivity index (χ0v) is 11.5. The quantitative estimate of drug-likeness (QED) is 0.865. The fraction of sp³-hybridized carbons (Fsp3) is 0.533. The zero-order valence-electron chi connectivity index (χ0n) is 10.7. The van der Waals surface area contributed by atoms with Gasteiger partial charge in [-0.1, -0.05) is 37.8 Å². The van der Waals surface area contributed by atoms with Gasteiger partial charge in [0.2, 0.25) is 0 Å². The highest BCUT2D eigenvalue weighted by Crippen LogP contribution is 2.29. The summed E-state index contributed by atoms with van der Waals surface area (Å²) in [6.45, 7) is 2.27. The Morgan fingerprint density at radius 1 is 1.44 bits per heavy atom. The van der Waals surface area contributed by atoms with E-state index in [9.17, 15) is 0 Å². The predicted molar refractivity (Wildman–Crippen MR) is 75.8 cm³/mol. The Morgan fingerprint density at radius 2 is 2.28 bits per heavy atom. The van der Waals surface area contributed by atoms with Crippen LogP contribution in [-0.4, -0.2) is 6.04 Å². The number of nitrogens with zero attached hydrogens (tertiary/aromatic N) is 1. The lowest BCUT2D eigenvalue weighted by atomic mass is 9.84. The molecule has 1 N–H and O–H groups in total. The van der Waals surface area contributed by atoms with Crippen LogP contribution in [0.25, 0.3) is 0 Å². The first-order chi connectivity index (χ1) is 8.72. The molecule has 1 aromatic rings. The number of hydrogen-bond acceptors (Lipinski definition) is 2. The summed E-state index contributed by atoms with van der Waals surface area (Å²) in [5.41, 5.74) is 1.56. The second kappa shape index (κ2) is 6.11. The molecular weight excluding hydrogens is 244 g/mol. The van der Waals surface area contributed by atoms with Gasteiger partial charge in [0.25, 0.3) is 0 Å². The molecule has 0 spiro atoms. The summed E-state index contributed by atoms with van der Waals surface area (Å²) >= 11 is 5.93. The number of rotatable bonds is 3. The molecule has 2 unspecified atom stereocenters. The Morgan fingerprint density at radius 3 is 3.00 bits per heavy atom. The van der Waals surface area contributed by atoms with Crippen molar-refractivity contribution < 1.29 is 0 Å². The average molecular weight is 263 g/mol. The molecule has 0 radical (unpaired) electrons. The number of anilines is 1. The van der Waals surface area contributed by atoms with Gasteiger partial charge < -0.3 is 5.32 Å². The molecule has 0 heterocycles. The minimum atomic E-state index is 0.526. The van der Waals surface area contributed by atoms with E-state index in [1.807, 2.05) is 12.1 Å². The van der Waals surface area contributed by atoms with Crippen molar-refractivity contribution in [2.45, 2.75) is 45.1 Å². The molecule has 0 aromatic heterocycles. The molecule has 0 bridgehead atoms. The van der Waals surface area contributed by atoms with Gasteiger partial charge in [0.15, 0.2) is 0 Å². The second-order valence-electron chi connectivity index (χ2n) is 5.09. The van der Waals surface area contributed by atoms with Gasteiger partial charge in [0.05, 0.1) is 10.6 Å². The molecule has 2 atom stereocenters. The van der Waals surface area contributed by atoms with E-state index in [2.05, 4.69) is 18.3 Å². The number of nitriles is 1. The van der Waals surface area contributed by atoms with Crippen LogP contribution in [0.15, 0.2) is 18.2 Å². The van der Waals surface area contributed by atoms with Crippen LogP contribution >= 0.6 is 11.6 Å². The molecule has 2 rings (SSSR count). The smallest absolute Gasteiger partial charge is 0.101 e. The van der Waals surface area contributed by atoms with E-state index < -0.39 is 0 Å². The van der Waals surface area contributed by atoms with Crippen LogP contribution in [0.3, 0.4) is 0 Å². The maximum atomic E-state index is 8.97. The highest BCUT2D eigenvalue weighted by Gasteiger charge is 2.20. The Labute approximate surface area is 114 Å². The number of halogens is 1. The van der Waals surface area contributed by atoms with E-state index in [-0.39, 0.29) is 0 Å². The van der Waals surface area contributed by atoms with Crippen molar-refractivity contribution in [3.63, 3.8) is 0 Å². The van der Waals surface area contributed by atoms with Crippen molar-refractivity contribution in [2.24, 2.45) is 5.92 Å². The minimum absolute atomic E-state index is 0.526. The molecule has 2 nitrogen and oxygen atoms in total. The summed E-state index contributed by atoms with van der Waals surface area (Å²) in [6.07, 6.45) is 6.39. The summed E-state index contributed by atoms with van der Waals surface area (Å²) < 4.78 is 0. The lowest BCUT2D eigenvalue weighted by Gasteiger charge is -2.29. The molecule has 1 aliphatic rings. The van der Waals surface area contributed by atoms with Crippen molar-refractivity contribution in [1.29, 1.82) is 5.26 Å². The monoisotopic (exact) mass is 262 g/mol. The summed E-state index contributed by atoms with van der Waals surface area (Å²) in [4.78, 5) is 0. The maximum Gasteiger partial charge on any atom is 0.101 e. The van der Waals surface area contributed by atoms with Crippen molar-refractivity contribution in [1.82, 2.24) is 0 Å². The number of nitrogens with one attached hydrogen (secondary N) is 1. The van der Waals surface area contributed by atoms with Gasteiger partial charge in [-0.3, -0.25) is 0 Å². The van der Waals surface area contributed by atoms with Crippen molar-refractivity contribution in [2.75, 3.05) is 5.32 Å². The third-order valence-corrected chi connectivity index (χ3v) is 4.15. The summed E-state index contributed by atoms with van der Waals surface area (Å²) in [6, 6.07) is 8.26. The van der Waals surface area contributed by atoms with E-state index in [0.717, 1.165) is 11.6 Å². The molecule has 1 saturated carbocycles. The topological polar surface area (TPSA) is 35.8 Å². The zero-order chi connectivity index (χ0) is 13.0. The predicted octanol–water partition coefficient (Wildman–Crippen LogP) is 4.59. The Kier molecular flexibility index (Phi) is 4.49. The second-order valence-corrected chi connectivity index (χ2v) is 5.50. The van der Waals surface area contributed by atoms with E-state index in [1.165, 1.54) is 32.1 Å². The molecule has 18 heavy (non-hydrogen) atoms. The van der Waals surface area contributed by atoms with Crippen molar-refractivity contribution in [3.05, 3.63) is 28.8 Å². The van der Waals surface area contributed by atoms with Gasteiger partial charge in [-0.05, 0) is 37.0 Å². The fourth-order valence-corrected chi connectivity index (χ4v) is 2.89. The first-order valence-electron chi connectivity index (χ1n) is 6.69. The van der Waals surface area contributed by atoms with Crippen LogP contribution in [-0.2, 0) is 0 Å². The number of hydrogen-bond donors (Lipinski definition) is 1. The number of benzene rings is 1. The third-order valence-electron chi connectivity index (χ3n) is 3.82. The maximum absolute atomic E-state index is 8.97. The van der Waals surface area contributed by atoms with E-state index in [1.54, 1.807) is 6.07 Å². The molecule has 0 aliphatic heterocycles. The first kappa shape index (κ1) is 13.2. The van der Waals surface area contributed by atoms with Crippen LogP contribution < -0.4 is 5.32 Å². The van der Waals surface area contributed by atoms with Gasteiger partial charge in [-0.25, -0.2) is 0 Å². The first-order valence-corrected chi connectivity index (χ1v) is 7.07. The lowest BCUT2D eigenvalue weighted by molar-refractivity contribution is 0.327. The standard InChI is InChI=1S/C15H19ClN2/c1-2-11-4-3-5-13(8-11)18-14-6-7-15(16)12(9-14)10-17/h6-7,9,11,13,18H,2-5,8H2,1H3. The fourth-order valence-electron chi connectivity index (χ4n) is 2.73. The van der Waals surface area contributed by atoms with Gasteiger partial charge in [0, 0.05) is 11.7 Å². The highest BCUT2D eigenvalue weighted by atomic mass is 35.5. The van der Waals surface area contributed by atoms with E-state index in [4.69, 9.17) is 16.9 Å². The Balaban J connectivity index is 2.03. The molecule has 1 aliphatic carbocycles. The molecule has 1 aromatic carbocycles. The Hall–Kier alpha value is -1.20. The highest BCUT2D eigenvalue weighted by molar-refractivity contribution is 6.31. The molecular formula is C15H19ClN2. The summed E-state index contributed by atoms with van der Waals surface area (Å²) in [5, 5.41) is 13.0. The largest absolute Gasteiger partial charge is 0.382 e. The van der Waals surface area contributed by atoms with E-state index >= 15 is 0 Å². The van der Waals surface area contributed by atoms with Crippen LogP contribution in [0.1, 0.15) is 44.6 Å². The van der Waals surface area contributed by atoms with Gasteiger partial charge in [-0.15, -0.1) is 0 Å².